The molecule has 1 aromatic rings. The van der Waals surface area contributed by atoms with Gasteiger partial charge in [0.2, 0.25) is 10.0 Å². The number of nitrogens with zero attached hydrogens (tertiary/aromatic N) is 1. The monoisotopic (exact) mass is 340 g/mol. The van der Waals surface area contributed by atoms with Crippen molar-refractivity contribution >= 4 is 39.7 Å². The Labute approximate surface area is 128 Å². The third-order valence-electron chi connectivity index (χ3n) is 2.93. The van der Waals surface area contributed by atoms with Crippen molar-refractivity contribution in [2.45, 2.75) is 17.9 Å². The lowest BCUT2D eigenvalue weighted by Crippen LogP contribution is -2.51. The number of thiophene rings is 1. The van der Waals surface area contributed by atoms with Crippen LogP contribution in [0.15, 0.2) is 16.3 Å². The molecule has 0 aromatic carbocycles. The molecule has 1 N–H and O–H groups in total. The van der Waals surface area contributed by atoms with Gasteiger partial charge in [-0.15, -0.1) is 23.7 Å². The first-order valence-corrected chi connectivity index (χ1v) is 8.17. The van der Waals surface area contributed by atoms with Crippen molar-refractivity contribution < 1.29 is 17.9 Å². The summed E-state index contributed by atoms with van der Waals surface area (Å²) in [6, 6.07) is 1.50. The fraction of sp³-hybridized carbons (Fsp3) is 0.545. The lowest BCUT2D eigenvalue weighted by molar-refractivity contribution is 0.0606. The molecule has 0 aliphatic carbocycles. The Balaban J connectivity index is 0.00000200. The van der Waals surface area contributed by atoms with Gasteiger partial charge < -0.3 is 10.1 Å². The molecule has 1 unspecified atom stereocenters. The summed E-state index contributed by atoms with van der Waals surface area (Å²) in [5.41, 5.74) is 0. The topological polar surface area (TPSA) is 75.7 Å². The van der Waals surface area contributed by atoms with E-state index in [4.69, 9.17) is 0 Å². The van der Waals surface area contributed by atoms with E-state index in [1.807, 2.05) is 6.92 Å². The molecule has 1 saturated heterocycles. The minimum absolute atomic E-state index is 0. The van der Waals surface area contributed by atoms with Crippen LogP contribution in [-0.2, 0) is 14.8 Å². The Morgan fingerprint density at radius 2 is 2.25 bits per heavy atom. The van der Waals surface area contributed by atoms with Crippen LogP contribution in [0.1, 0.15) is 16.6 Å². The zero-order valence-corrected chi connectivity index (χ0v) is 13.6. The van der Waals surface area contributed by atoms with Crippen LogP contribution in [0, 0.1) is 0 Å². The van der Waals surface area contributed by atoms with E-state index < -0.39 is 16.0 Å². The van der Waals surface area contributed by atoms with Gasteiger partial charge in [-0.3, -0.25) is 0 Å². The minimum atomic E-state index is -3.52. The first-order chi connectivity index (χ1) is 8.95. The third-order valence-corrected chi connectivity index (χ3v) is 5.83. The van der Waals surface area contributed by atoms with Gasteiger partial charge in [0, 0.05) is 31.1 Å². The molecule has 1 atom stereocenters. The molecule has 9 heteroatoms. The number of ether oxygens (including phenoxy) is 1. The van der Waals surface area contributed by atoms with Crippen LogP contribution in [0.5, 0.6) is 0 Å². The summed E-state index contributed by atoms with van der Waals surface area (Å²) in [4.78, 5) is 11.8. The number of hydrogen-bond acceptors (Lipinski definition) is 6. The van der Waals surface area contributed by atoms with E-state index in [1.165, 1.54) is 22.9 Å². The van der Waals surface area contributed by atoms with E-state index in [0.29, 0.717) is 24.5 Å². The molecule has 0 bridgehead atoms. The highest BCUT2D eigenvalue weighted by Crippen LogP contribution is 2.24. The largest absolute Gasteiger partial charge is 0.465 e. The Kier molecular flexibility index (Phi) is 5.96. The molecule has 114 valence electrons. The molecular weight excluding hydrogens is 324 g/mol. The lowest BCUT2D eigenvalue weighted by Gasteiger charge is -2.30. The van der Waals surface area contributed by atoms with Crippen molar-refractivity contribution in [1.29, 1.82) is 0 Å². The first-order valence-electron chi connectivity index (χ1n) is 5.85. The number of hydrogen-bond donors (Lipinski definition) is 1. The molecule has 1 aliphatic heterocycles. The minimum Gasteiger partial charge on any atom is -0.465 e. The summed E-state index contributed by atoms with van der Waals surface area (Å²) < 4.78 is 30.8. The van der Waals surface area contributed by atoms with E-state index in [0.717, 1.165) is 11.3 Å². The highest BCUT2D eigenvalue weighted by atomic mass is 35.5. The van der Waals surface area contributed by atoms with Crippen molar-refractivity contribution in [2.75, 3.05) is 26.7 Å². The van der Waals surface area contributed by atoms with Crippen molar-refractivity contribution in [2.24, 2.45) is 0 Å². The molecular formula is C11H17ClN2O4S2. The van der Waals surface area contributed by atoms with E-state index >= 15 is 0 Å². The second-order valence-corrected chi connectivity index (χ2v) is 7.21. The standard InChI is InChI=1S/C11H16N2O4S2.ClH/c1-8-6-13(4-3-12-8)19(15,16)9-5-10(18-7-9)11(14)17-2;/h5,7-8,12H,3-4,6H2,1-2H3;1H. The quantitative estimate of drug-likeness (QED) is 0.829. The third kappa shape index (κ3) is 3.50. The predicted octanol–water partition coefficient (Wildman–Crippen LogP) is 0.939. The van der Waals surface area contributed by atoms with Gasteiger partial charge in [-0.2, -0.15) is 4.31 Å². The number of sulfonamides is 1. The van der Waals surface area contributed by atoms with Gasteiger partial charge in [-0.1, -0.05) is 0 Å². The van der Waals surface area contributed by atoms with Crippen LogP contribution >= 0.6 is 23.7 Å². The van der Waals surface area contributed by atoms with E-state index in [9.17, 15) is 13.2 Å². The highest BCUT2D eigenvalue weighted by Gasteiger charge is 2.29. The summed E-state index contributed by atoms with van der Waals surface area (Å²) >= 11 is 1.08. The number of rotatable bonds is 3. The highest BCUT2D eigenvalue weighted by molar-refractivity contribution is 7.89. The van der Waals surface area contributed by atoms with Crippen LogP contribution in [0.25, 0.3) is 0 Å². The lowest BCUT2D eigenvalue weighted by atomic mass is 10.3. The summed E-state index contributed by atoms with van der Waals surface area (Å²) in [5.74, 6) is -0.514. The van der Waals surface area contributed by atoms with Crippen LogP contribution in [0.2, 0.25) is 0 Å². The molecule has 1 aromatic heterocycles. The van der Waals surface area contributed by atoms with Crippen molar-refractivity contribution in [3.8, 4) is 0 Å². The maximum atomic E-state index is 12.4. The summed E-state index contributed by atoms with van der Waals surface area (Å²) in [6.07, 6.45) is 0. The van der Waals surface area contributed by atoms with E-state index in [1.54, 1.807) is 0 Å². The normalized spacial score (nSPS) is 20.2. The fourth-order valence-electron chi connectivity index (χ4n) is 1.93. The Bertz CT molecular complexity index is 573. The number of halogens is 1. The van der Waals surface area contributed by atoms with Crippen LogP contribution in [0.3, 0.4) is 0 Å². The van der Waals surface area contributed by atoms with Gasteiger partial charge in [-0.05, 0) is 13.0 Å². The molecule has 20 heavy (non-hydrogen) atoms. The molecule has 0 amide bonds. The average molecular weight is 341 g/mol. The molecule has 6 nitrogen and oxygen atoms in total. The second-order valence-electron chi connectivity index (χ2n) is 4.36. The fourth-order valence-corrected chi connectivity index (χ4v) is 4.63. The smallest absolute Gasteiger partial charge is 0.348 e. The second kappa shape index (κ2) is 6.86. The Morgan fingerprint density at radius 1 is 1.55 bits per heavy atom. The average Bonchev–Trinajstić information content (AvgIpc) is 2.88. The number of nitrogens with one attached hydrogen (secondary N) is 1. The van der Waals surface area contributed by atoms with Gasteiger partial charge in [-0.25, -0.2) is 13.2 Å². The van der Waals surface area contributed by atoms with Gasteiger partial charge >= 0.3 is 5.97 Å². The van der Waals surface area contributed by atoms with E-state index in [2.05, 4.69) is 10.1 Å². The molecule has 1 aliphatic rings. The zero-order valence-electron chi connectivity index (χ0n) is 11.2. The maximum Gasteiger partial charge on any atom is 0.348 e. The van der Waals surface area contributed by atoms with Gasteiger partial charge in [0.25, 0.3) is 0 Å². The van der Waals surface area contributed by atoms with Crippen molar-refractivity contribution in [3.05, 3.63) is 16.3 Å². The molecule has 0 spiro atoms. The van der Waals surface area contributed by atoms with Gasteiger partial charge in [0.15, 0.2) is 0 Å². The van der Waals surface area contributed by atoms with Gasteiger partial charge in [0.05, 0.1) is 12.0 Å². The van der Waals surface area contributed by atoms with Crippen molar-refractivity contribution in [1.82, 2.24) is 9.62 Å². The van der Waals surface area contributed by atoms with E-state index in [-0.39, 0.29) is 23.3 Å². The number of carbonyl (C=O) groups is 1. The van der Waals surface area contributed by atoms with Crippen molar-refractivity contribution in [3.63, 3.8) is 0 Å². The molecule has 0 saturated carbocycles. The summed E-state index contributed by atoms with van der Waals surface area (Å²) in [6.45, 7) is 3.45. The summed E-state index contributed by atoms with van der Waals surface area (Å²) in [7, 11) is -2.25. The number of carbonyl (C=O) groups excluding carboxylic acids is 1. The van der Waals surface area contributed by atoms with Crippen LogP contribution in [-0.4, -0.2) is 51.5 Å². The Morgan fingerprint density at radius 3 is 2.85 bits per heavy atom. The molecule has 0 radical (unpaired) electrons. The molecule has 2 rings (SSSR count). The zero-order chi connectivity index (χ0) is 14.0. The molecule has 2 heterocycles. The Hall–Kier alpha value is -0.670. The van der Waals surface area contributed by atoms with Crippen LogP contribution < -0.4 is 5.32 Å². The number of esters is 1. The molecule has 1 fully saturated rings. The number of methoxy groups -OCH3 is 1. The summed E-state index contributed by atoms with van der Waals surface area (Å²) in [5, 5.41) is 4.67. The first kappa shape index (κ1) is 17.4. The SMILES string of the molecule is COC(=O)c1cc(S(=O)(=O)N2CCNC(C)C2)cs1.Cl. The number of piperazine rings is 1. The van der Waals surface area contributed by atoms with Gasteiger partial charge in [0.1, 0.15) is 4.88 Å². The maximum absolute atomic E-state index is 12.4. The predicted molar refractivity (Wildman–Crippen MR) is 79.1 cm³/mol. The van der Waals surface area contributed by atoms with Crippen LogP contribution in [0.4, 0.5) is 0 Å².